The van der Waals surface area contributed by atoms with E-state index >= 15 is 0 Å². The van der Waals surface area contributed by atoms with Crippen LogP contribution in [-0.2, 0) is 10.4 Å². The Bertz CT molecular complexity index is 684. The normalized spacial score (nSPS) is 13.8. The highest BCUT2D eigenvalue weighted by Gasteiger charge is 2.26. The van der Waals surface area contributed by atoms with Crippen LogP contribution in [0.15, 0.2) is 52.3 Å². The summed E-state index contributed by atoms with van der Waals surface area (Å²) >= 11 is 0. The van der Waals surface area contributed by atoms with Gasteiger partial charge in [-0.15, -0.1) is 0 Å². The van der Waals surface area contributed by atoms with Gasteiger partial charge >= 0.3 is 0 Å². The highest BCUT2D eigenvalue weighted by Crippen LogP contribution is 2.19. The summed E-state index contributed by atoms with van der Waals surface area (Å²) in [7, 11) is 0. The molecule has 0 saturated heterocycles. The van der Waals surface area contributed by atoms with Gasteiger partial charge in [0.05, 0.1) is 24.7 Å². The van der Waals surface area contributed by atoms with Crippen LogP contribution in [0.5, 0.6) is 0 Å². The van der Waals surface area contributed by atoms with E-state index in [-0.39, 0.29) is 19.0 Å². The Labute approximate surface area is 146 Å². The zero-order valence-corrected chi connectivity index (χ0v) is 14.3. The van der Waals surface area contributed by atoms with Gasteiger partial charge in [0.2, 0.25) is 5.91 Å². The van der Waals surface area contributed by atoms with E-state index in [2.05, 4.69) is 25.9 Å². The molecule has 25 heavy (non-hydrogen) atoms. The number of hydrogen-bond acceptors (Lipinski definition) is 5. The molecule has 0 fully saturated rings. The molecule has 0 radical (unpaired) electrons. The van der Waals surface area contributed by atoms with Crippen LogP contribution in [0.25, 0.3) is 0 Å². The van der Waals surface area contributed by atoms with Gasteiger partial charge in [0.25, 0.3) is 0 Å². The number of aromatic nitrogens is 1. The number of pyridine rings is 1. The van der Waals surface area contributed by atoms with Crippen LogP contribution in [0.1, 0.15) is 19.6 Å². The van der Waals surface area contributed by atoms with Crippen LogP contribution in [0.2, 0.25) is 0 Å². The standard InChI is InChI=1S/C17H23N5O3/c1-3-19-16(21-12-17(2,24)14-7-5-9-25-14)20-11-15(23)22-13-6-4-8-18-10-13/h4-10,24H,3,11-12H2,1-2H3,(H,22,23)(H2,19,20,21). The van der Waals surface area contributed by atoms with Crippen molar-refractivity contribution in [2.24, 2.45) is 4.99 Å². The second-order valence-corrected chi connectivity index (χ2v) is 5.59. The molecule has 8 nitrogen and oxygen atoms in total. The van der Waals surface area contributed by atoms with E-state index in [0.717, 1.165) is 0 Å². The van der Waals surface area contributed by atoms with E-state index in [1.165, 1.54) is 6.26 Å². The molecule has 0 bridgehead atoms. The Hall–Kier alpha value is -2.87. The fraction of sp³-hybridized carbons (Fsp3) is 0.353. The van der Waals surface area contributed by atoms with E-state index in [0.29, 0.717) is 24.0 Å². The highest BCUT2D eigenvalue weighted by atomic mass is 16.4. The SMILES string of the molecule is CCNC(=NCC(=O)Nc1cccnc1)NCC(C)(O)c1ccco1. The minimum Gasteiger partial charge on any atom is -0.466 e. The minimum atomic E-state index is -1.20. The van der Waals surface area contributed by atoms with Crippen LogP contribution in [0.3, 0.4) is 0 Å². The van der Waals surface area contributed by atoms with Gasteiger partial charge in [-0.3, -0.25) is 9.78 Å². The third-order valence-electron chi connectivity index (χ3n) is 3.32. The fourth-order valence-electron chi connectivity index (χ4n) is 2.06. The fourth-order valence-corrected chi connectivity index (χ4v) is 2.06. The van der Waals surface area contributed by atoms with Gasteiger partial charge in [-0.25, -0.2) is 4.99 Å². The van der Waals surface area contributed by atoms with Crippen molar-refractivity contribution in [2.75, 3.05) is 25.0 Å². The number of carbonyl (C=O) groups is 1. The second-order valence-electron chi connectivity index (χ2n) is 5.59. The lowest BCUT2D eigenvalue weighted by atomic mass is 10.0. The molecule has 1 amide bonds. The zero-order valence-electron chi connectivity index (χ0n) is 14.3. The van der Waals surface area contributed by atoms with E-state index in [9.17, 15) is 9.90 Å². The molecule has 1 unspecified atom stereocenters. The lowest BCUT2D eigenvalue weighted by Gasteiger charge is -2.22. The maximum atomic E-state index is 11.9. The predicted octanol–water partition coefficient (Wildman–Crippen LogP) is 1.08. The molecule has 0 aromatic carbocycles. The van der Waals surface area contributed by atoms with Crippen molar-refractivity contribution in [1.29, 1.82) is 0 Å². The smallest absolute Gasteiger partial charge is 0.246 e. The van der Waals surface area contributed by atoms with Gasteiger partial charge in [0.1, 0.15) is 17.9 Å². The molecule has 0 saturated carbocycles. The number of nitrogens with zero attached hydrogens (tertiary/aromatic N) is 2. The summed E-state index contributed by atoms with van der Waals surface area (Å²) in [5.41, 5.74) is -0.584. The molecule has 2 aromatic rings. The number of aliphatic imine (C=N–C) groups is 1. The van der Waals surface area contributed by atoms with Crippen LogP contribution in [0, 0.1) is 0 Å². The van der Waals surface area contributed by atoms with Crippen molar-refractivity contribution in [2.45, 2.75) is 19.4 Å². The van der Waals surface area contributed by atoms with Crippen molar-refractivity contribution in [3.8, 4) is 0 Å². The quantitative estimate of drug-likeness (QED) is 0.441. The molecule has 8 heteroatoms. The Morgan fingerprint density at radius 2 is 2.20 bits per heavy atom. The van der Waals surface area contributed by atoms with Crippen molar-refractivity contribution >= 4 is 17.6 Å². The largest absolute Gasteiger partial charge is 0.466 e. The average molecular weight is 345 g/mol. The topological polar surface area (TPSA) is 112 Å². The summed E-state index contributed by atoms with van der Waals surface area (Å²) in [6.45, 7) is 4.29. The highest BCUT2D eigenvalue weighted by molar-refractivity contribution is 5.93. The Morgan fingerprint density at radius 3 is 2.84 bits per heavy atom. The molecule has 1 atom stereocenters. The Balaban J connectivity index is 1.90. The van der Waals surface area contributed by atoms with Gasteiger partial charge < -0.3 is 25.5 Å². The van der Waals surface area contributed by atoms with Gasteiger partial charge in [-0.05, 0) is 38.1 Å². The number of anilines is 1. The van der Waals surface area contributed by atoms with E-state index in [1.54, 1.807) is 43.6 Å². The summed E-state index contributed by atoms with van der Waals surface area (Å²) in [4.78, 5) is 20.1. The summed E-state index contributed by atoms with van der Waals surface area (Å²) in [5, 5.41) is 19.2. The number of guanidine groups is 1. The minimum absolute atomic E-state index is 0.0624. The first kappa shape index (κ1) is 18.5. The van der Waals surface area contributed by atoms with E-state index in [4.69, 9.17) is 4.42 Å². The Morgan fingerprint density at radius 1 is 1.36 bits per heavy atom. The predicted molar refractivity (Wildman–Crippen MR) is 95.1 cm³/mol. The third-order valence-corrected chi connectivity index (χ3v) is 3.32. The van der Waals surface area contributed by atoms with Crippen molar-refractivity contribution in [1.82, 2.24) is 15.6 Å². The molecular formula is C17H23N5O3. The maximum absolute atomic E-state index is 11.9. The number of nitrogens with one attached hydrogen (secondary N) is 3. The average Bonchev–Trinajstić information content (AvgIpc) is 3.14. The van der Waals surface area contributed by atoms with Crippen molar-refractivity contribution < 1.29 is 14.3 Å². The Kier molecular flexibility index (Phi) is 6.53. The van der Waals surface area contributed by atoms with Crippen molar-refractivity contribution in [3.05, 3.63) is 48.7 Å². The van der Waals surface area contributed by atoms with Crippen LogP contribution in [-0.4, -0.2) is 41.6 Å². The number of furan rings is 1. The first-order valence-corrected chi connectivity index (χ1v) is 7.99. The molecular weight excluding hydrogens is 322 g/mol. The molecule has 2 rings (SSSR count). The van der Waals surface area contributed by atoms with Gasteiger partial charge in [-0.2, -0.15) is 0 Å². The number of rotatable bonds is 7. The summed E-state index contributed by atoms with van der Waals surface area (Å²) in [6.07, 6.45) is 4.70. The molecule has 0 spiro atoms. The molecule has 4 N–H and O–H groups in total. The number of hydrogen-bond donors (Lipinski definition) is 4. The second kappa shape index (κ2) is 8.84. The lowest BCUT2D eigenvalue weighted by molar-refractivity contribution is -0.114. The molecule has 2 heterocycles. The van der Waals surface area contributed by atoms with Gasteiger partial charge in [-0.1, -0.05) is 0 Å². The third kappa shape index (κ3) is 5.92. The van der Waals surface area contributed by atoms with Gasteiger partial charge in [0, 0.05) is 12.7 Å². The molecule has 134 valence electrons. The van der Waals surface area contributed by atoms with Gasteiger partial charge in [0.15, 0.2) is 5.96 Å². The molecule has 0 aliphatic carbocycles. The molecule has 2 aromatic heterocycles. The first-order chi connectivity index (χ1) is 12.0. The first-order valence-electron chi connectivity index (χ1n) is 7.99. The van der Waals surface area contributed by atoms with E-state index in [1.807, 2.05) is 6.92 Å². The number of amides is 1. The zero-order chi connectivity index (χ0) is 18.1. The summed E-state index contributed by atoms with van der Waals surface area (Å²) < 4.78 is 5.23. The van der Waals surface area contributed by atoms with E-state index < -0.39 is 5.60 Å². The lowest BCUT2D eigenvalue weighted by Crippen LogP contribution is -2.44. The number of aliphatic hydroxyl groups is 1. The maximum Gasteiger partial charge on any atom is 0.246 e. The van der Waals surface area contributed by atoms with Crippen molar-refractivity contribution in [3.63, 3.8) is 0 Å². The van der Waals surface area contributed by atoms with Crippen LogP contribution >= 0.6 is 0 Å². The molecule has 0 aliphatic heterocycles. The molecule has 0 aliphatic rings. The number of carbonyl (C=O) groups excluding carboxylic acids is 1. The summed E-state index contributed by atoms with van der Waals surface area (Å²) in [5.74, 6) is 0.615. The van der Waals surface area contributed by atoms with Crippen LogP contribution in [0.4, 0.5) is 5.69 Å². The monoisotopic (exact) mass is 345 g/mol. The summed E-state index contributed by atoms with van der Waals surface area (Å²) in [6, 6.07) is 6.90. The van der Waals surface area contributed by atoms with Crippen LogP contribution < -0.4 is 16.0 Å².